The molecular weight excluding hydrogens is 471 g/mol. The van der Waals surface area contributed by atoms with Crippen molar-refractivity contribution in [2.24, 2.45) is 10.4 Å². The number of aliphatic imine (C=N–C) groups is 1. The number of hydrogen-bond acceptors (Lipinski definition) is 3. The topological polar surface area (TPSA) is 56.7 Å². The third-order valence-electron chi connectivity index (χ3n) is 5.25. The predicted molar refractivity (Wildman–Crippen MR) is 125 cm³/mol. The Morgan fingerprint density at radius 1 is 1.22 bits per heavy atom. The molecule has 1 saturated carbocycles. The van der Waals surface area contributed by atoms with Crippen molar-refractivity contribution in [1.82, 2.24) is 15.5 Å². The highest BCUT2D eigenvalue weighted by Crippen LogP contribution is 2.38. The van der Waals surface area contributed by atoms with Gasteiger partial charge in [0.05, 0.1) is 5.41 Å². The fraction of sp³-hybridized carbons (Fsp3) is 0.500. The Kier molecular flexibility index (Phi) is 7.91. The maximum absolute atomic E-state index is 12.7. The number of fused-ring (bicyclic) bond motifs is 1. The summed E-state index contributed by atoms with van der Waals surface area (Å²) in [6, 6.07) is 8.44. The fourth-order valence-corrected chi connectivity index (χ4v) is 4.78. The predicted octanol–water partition coefficient (Wildman–Crippen LogP) is 3.83. The molecule has 1 fully saturated rings. The molecule has 148 valence electrons. The zero-order chi connectivity index (χ0) is 18.6. The Balaban J connectivity index is 0.00000261. The summed E-state index contributed by atoms with van der Waals surface area (Å²) >= 11 is 1.76. The highest BCUT2D eigenvalue weighted by molar-refractivity contribution is 14.0. The average Bonchev–Trinajstić information content (AvgIpc) is 3.29. The number of halogens is 1. The summed E-state index contributed by atoms with van der Waals surface area (Å²) in [6.45, 7) is 1.35. The quantitative estimate of drug-likeness (QED) is 0.373. The zero-order valence-electron chi connectivity index (χ0n) is 16.2. The van der Waals surface area contributed by atoms with Crippen molar-refractivity contribution in [3.8, 4) is 0 Å². The molecule has 0 saturated heterocycles. The highest BCUT2D eigenvalue weighted by atomic mass is 127. The molecule has 5 nitrogen and oxygen atoms in total. The molecule has 0 spiro atoms. The average molecular weight is 500 g/mol. The number of nitrogens with zero attached hydrogens (tertiary/aromatic N) is 2. The first-order valence-corrected chi connectivity index (χ1v) is 10.0. The lowest BCUT2D eigenvalue weighted by molar-refractivity contribution is -0.138. The van der Waals surface area contributed by atoms with Crippen LogP contribution in [0, 0.1) is 5.41 Å². The van der Waals surface area contributed by atoms with E-state index in [-0.39, 0.29) is 35.3 Å². The fourth-order valence-electron chi connectivity index (χ4n) is 3.81. The Morgan fingerprint density at radius 2 is 1.93 bits per heavy atom. The summed E-state index contributed by atoms with van der Waals surface area (Å²) in [5, 5.41) is 10.3. The lowest BCUT2D eigenvalue weighted by atomic mass is 9.84. The summed E-state index contributed by atoms with van der Waals surface area (Å²) in [5.41, 5.74) is 0.976. The SMILES string of the molecule is CN=C(NCc1csc2ccccc12)NCC1(C(=O)N(C)C)CCCC1.I. The molecule has 2 N–H and O–H groups in total. The van der Waals surface area contributed by atoms with Crippen LogP contribution in [0.2, 0.25) is 0 Å². The molecule has 1 amide bonds. The van der Waals surface area contributed by atoms with Gasteiger partial charge in [0, 0.05) is 38.9 Å². The van der Waals surface area contributed by atoms with Crippen LogP contribution in [0.1, 0.15) is 31.2 Å². The summed E-state index contributed by atoms with van der Waals surface area (Å²) in [6.07, 6.45) is 4.13. The second kappa shape index (κ2) is 9.73. The molecule has 1 aromatic carbocycles. The van der Waals surface area contributed by atoms with Gasteiger partial charge in [-0.1, -0.05) is 31.0 Å². The first-order valence-electron chi connectivity index (χ1n) is 9.17. The number of carbonyl (C=O) groups excluding carboxylic acids is 1. The second-order valence-corrected chi connectivity index (χ2v) is 8.13. The maximum atomic E-state index is 12.7. The molecule has 0 radical (unpaired) electrons. The minimum atomic E-state index is -0.295. The molecular formula is C20H29IN4OS. The molecule has 27 heavy (non-hydrogen) atoms. The molecule has 1 aromatic heterocycles. The van der Waals surface area contributed by atoms with E-state index in [1.54, 1.807) is 23.3 Å². The van der Waals surface area contributed by atoms with Gasteiger partial charge in [0.25, 0.3) is 0 Å². The molecule has 0 unspecified atom stereocenters. The third kappa shape index (κ3) is 4.93. The molecule has 0 aliphatic heterocycles. The van der Waals surface area contributed by atoms with E-state index in [4.69, 9.17) is 0 Å². The van der Waals surface area contributed by atoms with Crippen molar-refractivity contribution in [2.75, 3.05) is 27.7 Å². The minimum absolute atomic E-state index is 0. The Labute approximate surface area is 182 Å². The van der Waals surface area contributed by atoms with Crippen LogP contribution in [0.15, 0.2) is 34.6 Å². The van der Waals surface area contributed by atoms with Gasteiger partial charge >= 0.3 is 0 Å². The third-order valence-corrected chi connectivity index (χ3v) is 6.26. The van der Waals surface area contributed by atoms with Crippen LogP contribution < -0.4 is 10.6 Å². The largest absolute Gasteiger partial charge is 0.355 e. The molecule has 0 atom stereocenters. The first-order chi connectivity index (χ1) is 12.6. The van der Waals surface area contributed by atoms with E-state index in [1.165, 1.54) is 15.6 Å². The number of benzene rings is 1. The number of guanidine groups is 1. The normalized spacial score (nSPS) is 16.0. The van der Waals surface area contributed by atoms with Gasteiger partial charge in [-0.05, 0) is 35.2 Å². The Hall–Kier alpha value is -1.35. The van der Waals surface area contributed by atoms with E-state index in [0.29, 0.717) is 6.54 Å². The van der Waals surface area contributed by atoms with Crippen molar-refractivity contribution in [3.05, 3.63) is 35.2 Å². The van der Waals surface area contributed by atoms with E-state index >= 15 is 0 Å². The van der Waals surface area contributed by atoms with Crippen LogP contribution in [0.25, 0.3) is 10.1 Å². The summed E-state index contributed by atoms with van der Waals surface area (Å²) in [5.74, 6) is 0.972. The van der Waals surface area contributed by atoms with Crippen molar-refractivity contribution >= 4 is 57.3 Å². The Bertz CT molecular complexity index is 796. The summed E-state index contributed by atoms with van der Waals surface area (Å²) in [7, 11) is 5.46. The van der Waals surface area contributed by atoms with Gasteiger partial charge < -0.3 is 15.5 Å². The second-order valence-electron chi connectivity index (χ2n) is 7.22. The number of rotatable bonds is 5. The van der Waals surface area contributed by atoms with Gasteiger partial charge in [0.1, 0.15) is 0 Å². The van der Waals surface area contributed by atoms with Crippen LogP contribution in [0.3, 0.4) is 0 Å². The minimum Gasteiger partial charge on any atom is -0.355 e. The van der Waals surface area contributed by atoms with Crippen LogP contribution in [-0.4, -0.2) is 44.5 Å². The summed E-state index contributed by atoms with van der Waals surface area (Å²) in [4.78, 5) is 18.7. The van der Waals surface area contributed by atoms with Gasteiger partial charge in [-0.3, -0.25) is 9.79 Å². The van der Waals surface area contributed by atoms with Crippen molar-refractivity contribution in [2.45, 2.75) is 32.2 Å². The number of thiophene rings is 1. The van der Waals surface area contributed by atoms with E-state index < -0.39 is 0 Å². The van der Waals surface area contributed by atoms with Crippen molar-refractivity contribution in [1.29, 1.82) is 0 Å². The van der Waals surface area contributed by atoms with E-state index in [2.05, 4.69) is 45.3 Å². The smallest absolute Gasteiger partial charge is 0.230 e. The number of carbonyl (C=O) groups is 1. The highest BCUT2D eigenvalue weighted by Gasteiger charge is 2.42. The lowest BCUT2D eigenvalue weighted by Gasteiger charge is -2.31. The molecule has 0 bridgehead atoms. The van der Waals surface area contributed by atoms with Gasteiger partial charge in [-0.2, -0.15) is 0 Å². The van der Waals surface area contributed by atoms with Crippen LogP contribution in [-0.2, 0) is 11.3 Å². The Morgan fingerprint density at radius 3 is 2.59 bits per heavy atom. The first kappa shape index (κ1) is 21.9. The van der Waals surface area contributed by atoms with Gasteiger partial charge in [0.15, 0.2) is 5.96 Å². The van der Waals surface area contributed by atoms with Gasteiger partial charge in [-0.25, -0.2) is 0 Å². The molecule has 1 aliphatic rings. The van der Waals surface area contributed by atoms with Gasteiger partial charge in [0.2, 0.25) is 5.91 Å². The monoisotopic (exact) mass is 500 g/mol. The van der Waals surface area contributed by atoms with E-state index in [9.17, 15) is 4.79 Å². The van der Waals surface area contributed by atoms with Crippen molar-refractivity contribution in [3.63, 3.8) is 0 Å². The van der Waals surface area contributed by atoms with E-state index in [1.807, 2.05) is 14.1 Å². The van der Waals surface area contributed by atoms with Gasteiger partial charge in [-0.15, -0.1) is 35.3 Å². The standard InChI is InChI=1S/C20H28N4OS.HI/c1-21-19(22-12-15-13-26-17-9-5-4-8-16(15)17)23-14-20(10-6-7-11-20)18(25)24(2)3;/h4-5,8-9,13H,6-7,10-12,14H2,1-3H3,(H2,21,22,23);1H. The van der Waals surface area contributed by atoms with E-state index in [0.717, 1.165) is 38.2 Å². The summed E-state index contributed by atoms with van der Waals surface area (Å²) < 4.78 is 1.30. The molecule has 3 rings (SSSR count). The molecule has 7 heteroatoms. The van der Waals surface area contributed by atoms with Crippen LogP contribution in [0.4, 0.5) is 0 Å². The van der Waals surface area contributed by atoms with Crippen LogP contribution in [0.5, 0.6) is 0 Å². The lowest BCUT2D eigenvalue weighted by Crippen LogP contribution is -2.49. The number of amides is 1. The van der Waals surface area contributed by atoms with Crippen LogP contribution >= 0.6 is 35.3 Å². The maximum Gasteiger partial charge on any atom is 0.230 e. The molecule has 1 heterocycles. The molecule has 1 aliphatic carbocycles. The van der Waals surface area contributed by atoms with Crippen molar-refractivity contribution < 1.29 is 4.79 Å². The zero-order valence-corrected chi connectivity index (χ0v) is 19.4. The number of nitrogens with one attached hydrogen (secondary N) is 2. The molecule has 2 aromatic rings. The number of hydrogen-bond donors (Lipinski definition) is 2.